The Morgan fingerprint density at radius 2 is 1.89 bits per heavy atom. The van der Waals surface area contributed by atoms with Gasteiger partial charge in [0.1, 0.15) is 0 Å². The summed E-state index contributed by atoms with van der Waals surface area (Å²) in [5, 5.41) is 3.10. The Hall–Kier alpha value is -1.15. The molecule has 148 valence electrons. The minimum absolute atomic E-state index is 0.122. The minimum Gasteiger partial charge on any atom is -0.378 e. The highest BCUT2D eigenvalue weighted by molar-refractivity contribution is 9.10. The third-order valence-electron chi connectivity index (χ3n) is 3.99. The van der Waals surface area contributed by atoms with E-state index in [1.165, 1.54) is 29.6 Å². The monoisotopic (exact) mass is 482 g/mol. The average Bonchev–Trinajstić information content (AvgIpc) is 2.61. The molecule has 0 saturated carbocycles. The molecule has 0 aliphatic heterocycles. The van der Waals surface area contributed by atoms with Crippen LogP contribution in [0.5, 0.6) is 0 Å². The zero-order valence-electron chi connectivity index (χ0n) is 14.6. The van der Waals surface area contributed by atoms with Crippen molar-refractivity contribution >= 4 is 40.9 Å². The van der Waals surface area contributed by atoms with Gasteiger partial charge in [0.25, 0.3) is 0 Å². The standard InChI is InChI=1S/C17H19BrF3N2O2PS/c1-11(12-4-3-5-13(8-12)17(19,20)21)22-16-7-6-14(9-15(16)18)27(24,25)23(2)10-26/h3-9,11,22H,10,26H2,1-2H3/t11-/m1/s1. The Balaban J connectivity index is 2.26. The van der Waals surface area contributed by atoms with Gasteiger partial charge in [-0.05, 0) is 58.7 Å². The molecule has 10 heteroatoms. The van der Waals surface area contributed by atoms with Gasteiger partial charge in [-0.2, -0.15) is 17.5 Å². The summed E-state index contributed by atoms with van der Waals surface area (Å²) in [7, 11) is 0.212. The average molecular weight is 483 g/mol. The summed E-state index contributed by atoms with van der Waals surface area (Å²) in [6.45, 7) is 1.73. The van der Waals surface area contributed by atoms with Crippen molar-refractivity contribution in [2.75, 3.05) is 18.7 Å². The number of anilines is 1. The lowest BCUT2D eigenvalue weighted by Crippen LogP contribution is -2.25. The van der Waals surface area contributed by atoms with Gasteiger partial charge < -0.3 is 5.32 Å². The van der Waals surface area contributed by atoms with Crippen molar-refractivity contribution in [2.45, 2.75) is 24.0 Å². The molecule has 2 atom stereocenters. The van der Waals surface area contributed by atoms with Crippen molar-refractivity contribution in [3.63, 3.8) is 0 Å². The van der Waals surface area contributed by atoms with Gasteiger partial charge in [-0.15, -0.1) is 9.24 Å². The predicted molar refractivity (Wildman–Crippen MR) is 107 cm³/mol. The molecule has 0 aliphatic rings. The van der Waals surface area contributed by atoms with Gasteiger partial charge in [-0.25, -0.2) is 8.42 Å². The third-order valence-corrected chi connectivity index (χ3v) is 7.28. The Morgan fingerprint density at radius 3 is 2.44 bits per heavy atom. The molecule has 0 aromatic heterocycles. The summed E-state index contributed by atoms with van der Waals surface area (Å²) in [6.07, 6.45) is -4.15. The number of hydrogen-bond donors (Lipinski definition) is 1. The summed E-state index contributed by atoms with van der Waals surface area (Å²) in [5.74, 6) is 0. The molecule has 0 fully saturated rings. The second-order valence-electron chi connectivity index (χ2n) is 5.92. The SMILES string of the molecule is C[C@@H](Nc1ccc(S(=O)(=O)N(C)CP)cc1Br)c1cccc(C(F)(F)F)c1. The van der Waals surface area contributed by atoms with Crippen LogP contribution in [0.4, 0.5) is 18.9 Å². The molecule has 1 N–H and O–H groups in total. The lowest BCUT2D eigenvalue weighted by atomic mass is 10.0. The Bertz CT molecular complexity index is 923. The fourth-order valence-corrected chi connectivity index (χ4v) is 4.65. The highest BCUT2D eigenvalue weighted by Crippen LogP contribution is 2.33. The molecule has 0 heterocycles. The fraction of sp³-hybridized carbons (Fsp3) is 0.294. The van der Waals surface area contributed by atoms with Crippen molar-refractivity contribution < 1.29 is 21.6 Å². The Labute approximate surface area is 167 Å². The first-order valence-corrected chi connectivity index (χ1v) is 10.9. The van der Waals surface area contributed by atoms with E-state index < -0.39 is 27.8 Å². The van der Waals surface area contributed by atoms with Gasteiger partial charge in [0.15, 0.2) is 0 Å². The molecule has 0 aliphatic carbocycles. The first-order chi connectivity index (χ1) is 12.5. The van der Waals surface area contributed by atoms with Gasteiger partial charge in [0.2, 0.25) is 10.0 Å². The molecule has 2 aromatic rings. The second-order valence-corrected chi connectivity index (χ2v) is 9.18. The zero-order chi connectivity index (χ0) is 20.4. The minimum atomic E-state index is -4.41. The quantitative estimate of drug-likeness (QED) is 0.583. The van der Waals surface area contributed by atoms with E-state index >= 15 is 0 Å². The molecule has 27 heavy (non-hydrogen) atoms. The summed E-state index contributed by atoms with van der Waals surface area (Å²) in [4.78, 5) is 0.122. The summed E-state index contributed by atoms with van der Waals surface area (Å²) in [5.41, 5.74) is 0.332. The van der Waals surface area contributed by atoms with Crippen molar-refractivity contribution in [1.29, 1.82) is 0 Å². The molecular weight excluding hydrogens is 464 g/mol. The van der Waals surface area contributed by atoms with E-state index in [0.29, 0.717) is 15.7 Å². The molecule has 1 unspecified atom stereocenters. The summed E-state index contributed by atoms with van der Waals surface area (Å²) in [6, 6.07) is 9.17. The van der Waals surface area contributed by atoms with Crippen LogP contribution in [0.15, 0.2) is 51.8 Å². The topological polar surface area (TPSA) is 49.4 Å². The van der Waals surface area contributed by atoms with E-state index in [1.54, 1.807) is 19.1 Å². The van der Waals surface area contributed by atoms with Crippen molar-refractivity contribution in [3.05, 3.63) is 58.1 Å². The number of rotatable bonds is 6. The van der Waals surface area contributed by atoms with Gasteiger partial charge in [-0.3, -0.25) is 0 Å². The first-order valence-electron chi connectivity index (χ1n) is 7.86. The maximum absolute atomic E-state index is 12.9. The highest BCUT2D eigenvalue weighted by Gasteiger charge is 2.30. The van der Waals surface area contributed by atoms with Crippen LogP contribution in [0.25, 0.3) is 0 Å². The second kappa shape index (κ2) is 8.47. The number of nitrogens with zero attached hydrogens (tertiary/aromatic N) is 1. The van der Waals surface area contributed by atoms with E-state index in [2.05, 4.69) is 30.5 Å². The molecule has 0 saturated heterocycles. The van der Waals surface area contributed by atoms with Gasteiger partial charge in [-0.1, -0.05) is 12.1 Å². The molecule has 2 rings (SSSR count). The Kier molecular flexibility index (Phi) is 6.95. The van der Waals surface area contributed by atoms with E-state index in [-0.39, 0.29) is 11.2 Å². The molecular formula is C17H19BrF3N2O2PS. The van der Waals surface area contributed by atoms with Crippen LogP contribution in [-0.2, 0) is 16.2 Å². The van der Waals surface area contributed by atoms with Crippen LogP contribution in [0, 0.1) is 0 Å². The van der Waals surface area contributed by atoms with E-state index in [1.807, 2.05) is 0 Å². The number of sulfonamides is 1. The normalized spacial score (nSPS) is 13.6. The molecule has 0 amide bonds. The maximum Gasteiger partial charge on any atom is 0.416 e. The number of nitrogens with one attached hydrogen (secondary N) is 1. The van der Waals surface area contributed by atoms with Crippen LogP contribution in [0.2, 0.25) is 0 Å². The lowest BCUT2D eigenvalue weighted by molar-refractivity contribution is -0.137. The fourth-order valence-electron chi connectivity index (χ4n) is 2.35. The molecule has 4 nitrogen and oxygen atoms in total. The summed E-state index contributed by atoms with van der Waals surface area (Å²) >= 11 is 3.33. The number of hydrogen-bond acceptors (Lipinski definition) is 3. The Morgan fingerprint density at radius 1 is 1.22 bits per heavy atom. The van der Waals surface area contributed by atoms with Crippen molar-refractivity contribution in [1.82, 2.24) is 4.31 Å². The van der Waals surface area contributed by atoms with E-state index in [9.17, 15) is 21.6 Å². The van der Waals surface area contributed by atoms with E-state index in [0.717, 1.165) is 12.1 Å². The van der Waals surface area contributed by atoms with Gasteiger partial charge in [0, 0.05) is 29.5 Å². The number of alkyl halides is 3. The first kappa shape index (κ1) is 22.1. The van der Waals surface area contributed by atoms with E-state index in [4.69, 9.17) is 0 Å². The summed E-state index contributed by atoms with van der Waals surface area (Å²) < 4.78 is 65.1. The zero-order valence-corrected chi connectivity index (χ0v) is 18.1. The molecule has 0 bridgehead atoms. The smallest absolute Gasteiger partial charge is 0.378 e. The lowest BCUT2D eigenvalue weighted by Gasteiger charge is -2.20. The van der Waals surface area contributed by atoms with Crippen molar-refractivity contribution in [3.8, 4) is 0 Å². The maximum atomic E-state index is 12.9. The van der Waals surface area contributed by atoms with Crippen LogP contribution < -0.4 is 5.32 Å². The molecule has 0 radical (unpaired) electrons. The highest BCUT2D eigenvalue weighted by atomic mass is 79.9. The predicted octanol–water partition coefficient (Wildman–Crippen LogP) is 5.09. The van der Waals surface area contributed by atoms with Crippen LogP contribution in [0.3, 0.4) is 0 Å². The van der Waals surface area contributed by atoms with Crippen LogP contribution in [0.1, 0.15) is 24.1 Å². The van der Waals surface area contributed by atoms with Crippen molar-refractivity contribution in [2.24, 2.45) is 0 Å². The van der Waals surface area contributed by atoms with Gasteiger partial charge >= 0.3 is 6.18 Å². The molecule has 0 spiro atoms. The molecule has 2 aromatic carbocycles. The number of halogens is 4. The van der Waals surface area contributed by atoms with Gasteiger partial charge in [0.05, 0.1) is 10.5 Å². The third kappa shape index (κ3) is 5.22. The largest absolute Gasteiger partial charge is 0.416 e. The number of benzene rings is 2. The van der Waals surface area contributed by atoms with Crippen LogP contribution >= 0.6 is 25.2 Å². The van der Waals surface area contributed by atoms with Crippen LogP contribution in [-0.4, -0.2) is 26.1 Å².